The highest BCUT2D eigenvalue weighted by molar-refractivity contribution is 8.00. The first kappa shape index (κ1) is 21.3. The Morgan fingerprint density at radius 1 is 1.31 bits per heavy atom. The molecule has 0 saturated carbocycles. The van der Waals surface area contributed by atoms with Gasteiger partial charge in [-0.15, -0.1) is 11.8 Å². The Bertz CT molecular complexity index is 709. The van der Waals surface area contributed by atoms with Crippen LogP contribution >= 0.6 is 11.8 Å². The zero-order valence-electron chi connectivity index (χ0n) is 14.7. The summed E-state index contributed by atoms with van der Waals surface area (Å²) in [7, 11) is 0. The van der Waals surface area contributed by atoms with Gasteiger partial charge in [0, 0.05) is 5.75 Å². The van der Waals surface area contributed by atoms with Crippen molar-refractivity contribution in [3.05, 3.63) is 29.8 Å². The molecule has 0 bridgehead atoms. The molecule has 1 aromatic carbocycles. The molecule has 0 heterocycles. The van der Waals surface area contributed by atoms with Gasteiger partial charge in [-0.1, -0.05) is 12.1 Å². The van der Waals surface area contributed by atoms with E-state index >= 15 is 0 Å². The van der Waals surface area contributed by atoms with Gasteiger partial charge in [0.2, 0.25) is 5.91 Å². The zero-order valence-corrected chi connectivity index (χ0v) is 15.6. The number of ether oxygens (including phenoxy) is 1. The summed E-state index contributed by atoms with van der Waals surface area (Å²) in [5.74, 6) is -1.64. The molecule has 0 radical (unpaired) electrons. The minimum absolute atomic E-state index is 0.0120. The summed E-state index contributed by atoms with van der Waals surface area (Å²) in [5, 5.41) is 23.0. The summed E-state index contributed by atoms with van der Waals surface area (Å²) in [6, 6.07) is 7.34. The second kappa shape index (κ2) is 9.68. The number of carbonyl (C=O) groups excluding carboxylic acids is 2. The molecule has 9 heteroatoms. The molecule has 1 atom stereocenters. The van der Waals surface area contributed by atoms with Crippen molar-refractivity contribution in [1.82, 2.24) is 5.32 Å². The number of carboxylic acid groups (broad SMARTS) is 1. The van der Waals surface area contributed by atoms with E-state index in [1.54, 1.807) is 45.0 Å². The third kappa shape index (κ3) is 7.90. The molecule has 0 aliphatic carbocycles. The molecule has 0 aliphatic rings. The number of aliphatic carboxylic acids is 1. The molecule has 1 rings (SSSR count). The van der Waals surface area contributed by atoms with Crippen molar-refractivity contribution in [2.24, 2.45) is 0 Å². The van der Waals surface area contributed by atoms with E-state index in [1.165, 1.54) is 0 Å². The van der Waals surface area contributed by atoms with Crippen LogP contribution in [0.5, 0.6) is 0 Å². The molecule has 0 aliphatic heterocycles. The van der Waals surface area contributed by atoms with Crippen LogP contribution in [0.3, 0.4) is 0 Å². The monoisotopic (exact) mass is 379 g/mol. The van der Waals surface area contributed by atoms with E-state index in [9.17, 15) is 14.4 Å². The van der Waals surface area contributed by atoms with Crippen LogP contribution in [0.15, 0.2) is 24.3 Å². The number of thioether (sulfide) groups is 1. The molecule has 140 valence electrons. The fraction of sp³-hybridized carbons (Fsp3) is 0.412. The molecule has 0 spiro atoms. The van der Waals surface area contributed by atoms with Gasteiger partial charge < -0.3 is 20.5 Å². The maximum absolute atomic E-state index is 11.9. The van der Waals surface area contributed by atoms with Gasteiger partial charge in [0.1, 0.15) is 17.7 Å². The maximum Gasteiger partial charge on any atom is 0.408 e. The lowest BCUT2D eigenvalue weighted by Crippen LogP contribution is -2.45. The number of para-hydroxylation sites is 1. The Morgan fingerprint density at radius 2 is 1.96 bits per heavy atom. The molecule has 26 heavy (non-hydrogen) atoms. The fourth-order valence-electron chi connectivity index (χ4n) is 1.77. The highest BCUT2D eigenvalue weighted by Crippen LogP contribution is 2.14. The molecule has 3 N–H and O–H groups in total. The van der Waals surface area contributed by atoms with Crippen molar-refractivity contribution in [1.29, 1.82) is 5.26 Å². The van der Waals surface area contributed by atoms with Gasteiger partial charge in [-0.05, 0) is 32.9 Å². The standard InChI is InChI=1S/C17H21N3O5S/c1-17(2,3)25-16(24)20-13(15(22)23)9-26-10-14(21)19-12-7-5-4-6-11(12)8-18/h4-7,13H,9-10H2,1-3H3,(H,19,21)(H,20,24)(H,22,23). The number of carbonyl (C=O) groups is 3. The Morgan fingerprint density at radius 3 is 2.54 bits per heavy atom. The largest absolute Gasteiger partial charge is 0.480 e. The summed E-state index contributed by atoms with van der Waals surface area (Å²) in [6.45, 7) is 5.00. The first-order valence-electron chi connectivity index (χ1n) is 7.71. The summed E-state index contributed by atoms with van der Waals surface area (Å²) >= 11 is 1.04. The number of nitriles is 1. The lowest BCUT2D eigenvalue weighted by Gasteiger charge is -2.21. The number of benzene rings is 1. The molecule has 1 aromatic rings. The number of anilines is 1. The van der Waals surface area contributed by atoms with Crippen molar-refractivity contribution in [2.45, 2.75) is 32.4 Å². The number of rotatable bonds is 7. The van der Waals surface area contributed by atoms with Crippen LogP contribution < -0.4 is 10.6 Å². The van der Waals surface area contributed by atoms with E-state index in [1.807, 2.05) is 6.07 Å². The number of alkyl carbamates (subject to hydrolysis) is 1. The van der Waals surface area contributed by atoms with E-state index in [-0.39, 0.29) is 17.4 Å². The molecule has 1 unspecified atom stereocenters. The van der Waals surface area contributed by atoms with Crippen molar-refractivity contribution < 1.29 is 24.2 Å². The van der Waals surface area contributed by atoms with E-state index in [0.29, 0.717) is 11.3 Å². The van der Waals surface area contributed by atoms with E-state index in [2.05, 4.69) is 10.6 Å². The second-order valence-corrected chi connectivity index (χ2v) is 7.29. The topological polar surface area (TPSA) is 129 Å². The number of nitrogens with zero attached hydrogens (tertiary/aromatic N) is 1. The van der Waals surface area contributed by atoms with Crippen LogP contribution in [0.2, 0.25) is 0 Å². The van der Waals surface area contributed by atoms with Gasteiger partial charge in [0.05, 0.1) is 17.0 Å². The molecule has 2 amide bonds. The Kier molecular flexibility index (Phi) is 7.93. The van der Waals surface area contributed by atoms with Gasteiger partial charge in [-0.2, -0.15) is 5.26 Å². The average Bonchev–Trinajstić information content (AvgIpc) is 2.52. The van der Waals surface area contributed by atoms with Gasteiger partial charge in [-0.25, -0.2) is 9.59 Å². The Balaban J connectivity index is 2.50. The van der Waals surface area contributed by atoms with E-state index < -0.39 is 23.7 Å². The molecule has 0 saturated heterocycles. The predicted molar refractivity (Wildman–Crippen MR) is 97.9 cm³/mol. The Labute approximate surface area is 155 Å². The van der Waals surface area contributed by atoms with E-state index in [0.717, 1.165) is 11.8 Å². The predicted octanol–water partition coefficient (Wildman–Crippen LogP) is 2.21. The average molecular weight is 379 g/mol. The van der Waals surface area contributed by atoms with Crippen molar-refractivity contribution in [2.75, 3.05) is 16.8 Å². The van der Waals surface area contributed by atoms with Gasteiger partial charge >= 0.3 is 12.1 Å². The quantitative estimate of drug-likeness (QED) is 0.662. The number of carboxylic acids is 1. The SMILES string of the molecule is CC(C)(C)OC(=O)NC(CSCC(=O)Nc1ccccc1C#N)C(=O)O. The summed E-state index contributed by atoms with van der Waals surface area (Å²) in [6.07, 6.45) is -0.835. The highest BCUT2D eigenvalue weighted by Gasteiger charge is 2.24. The fourth-order valence-corrected chi connectivity index (χ4v) is 2.61. The minimum atomic E-state index is -1.22. The summed E-state index contributed by atoms with van der Waals surface area (Å²) < 4.78 is 5.02. The number of nitrogens with one attached hydrogen (secondary N) is 2. The van der Waals surface area contributed by atoms with Crippen LogP contribution in [-0.4, -0.2) is 46.2 Å². The summed E-state index contributed by atoms with van der Waals surface area (Å²) in [5.41, 5.74) is -0.0167. The van der Waals surface area contributed by atoms with Gasteiger partial charge in [-0.3, -0.25) is 4.79 Å². The van der Waals surface area contributed by atoms with Gasteiger partial charge in [0.15, 0.2) is 0 Å². The Hall–Kier alpha value is -2.73. The third-order valence-electron chi connectivity index (χ3n) is 2.83. The van der Waals surface area contributed by atoms with Crippen LogP contribution in [0.25, 0.3) is 0 Å². The molecular formula is C17H21N3O5S. The first-order valence-corrected chi connectivity index (χ1v) is 8.87. The molecule has 8 nitrogen and oxygen atoms in total. The highest BCUT2D eigenvalue weighted by atomic mass is 32.2. The number of hydrogen-bond donors (Lipinski definition) is 3. The van der Waals surface area contributed by atoms with Gasteiger partial charge in [0.25, 0.3) is 0 Å². The minimum Gasteiger partial charge on any atom is -0.480 e. The van der Waals surface area contributed by atoms with Crippen molar-refractivity contribution >= 4 is 35.4 Å². The lowest BCUT2D eigenvalue weighted by molar-refractivity contribution is -0.138. The smallest absolute Gasteiger partial charge is 0.408 e. The molecule has 0 fully saturated rings. The second-order valence-electron chi connectivity index (χ2n) is 6.26. The van der Waals surface area contributed by atoms with E-state index in [4.69, 9.17) is 15.1 Å². The summed E-state index contributed by atoms with van der Waals surface area (Å²) in [4.78, 5) is 34.8. The lowest BCUT2D eigenvalue weighted by atomic mass is 10.2. The van der Waals surface area contributed by atoms with Crippen LogP contribution in [0.1, 0.15) is 26.3 Å². The number of amides is 2. The number of hydrogen-bond acceptors (Lipinski definition) is 6. The zero-order chi connectivity index (χ0) is 19.7. The third-order valence-corrected chi connectivity index (χ3v) is 3.86. The normalized spacial score (nSPS) is 11.8. The van der Waals surface area contributed by atoms with Crippen molar-refractivity contribution in [3.8, 4) is 6.07 Å². The van der Waals surface area contributed by atoms with Crippen molar-refractivity contribution in [3.63, 3.8) is 0 Å². The maximum atomic E-state index is 11.9. The first-order chi connectivity index (χ1) is 12.1. The van der Waals surface area contributed by atoms with Crippen LogP contribution in [0.4, 0.5) is 10.5 Å². The molecular weight excluding hydrogens is 358 g/mol. The van der Waals surface area contributed by atoms with Crippen LogP contribution in [-0.2, 0) is 14.3 Å². The molecule has 0 aromatic heterocycles. The van der Waals surface area contributed by atoms with Crippen LogP contribution in [0, 0.1) is 11.3 Å².